The fraction of sp³-hybridized carbons (Fsp3) is 0.0714. The number of rotatable bonds is 4. The summed E-state index contributed by atoms with van der Waals surface area (Å²) < 4.78 is 5.62. The maximum atomic E-state index is 11.2. The van der Waals surface area contributed by atoms with Gasteiger partial charge in [0.15, 0.2) is 0 Å². The molecule has 0 bridgehead atoms. The summed E-state index contributed by atoms with van der Waals surface area (Å²) in [4.78, 5) is 11.2. The van der Waals surface area contributed by atoms with Gasteiger partial charge in [0.05, 0.1) is 5.02 Å². The van der Waals surface area contributed by atoms with Crippen molar-refractivity contribution in [2.75, 3.05) is 11.2 Å². The van der Waals surface area contributed by atoms with Gasteiger partial charge in [-0.15, -0.1) is 11.6 Å². The van der Waals surface area contributed by atoms with Gasteiger partial charge in [-0.05, 0) is 36.4 Å². The summed E-state index contributed by atoms with van der Waals surface area (Å²) in [6, 6.07) is 11.9. The molecule has 0 spiro atoms. The van der Waals surface area contributed by atoms with Crippen molar-refractivity contribution in [1.82, 2.24) is 0 Å². The second-order valence-corrected chi connectivity index (χ2v) is 5.00. The molecule has 104 valence electrons. The zero-order valence-corrected chi connectivity index (χ0v) is 12.5. The first-order valence-electron chi connectivity index (χ1n) is 5.67. The molecule has 0 atom stereocenters. The first-order chi connectivity index (χ1) is 9.58. The van der Waals surface area contributed by atoms with Crippen molar-refractivity contribution in [2.24, 2.45) is 0 Å². The summed E-state index contributed by atoms with van der Waals surface area (Å²) in [5.74, 6) is 0.638. The van der Waals surface area contributed by atoms with Gasteiger partial charge in [0.2, 0.25) is 5.91 Å². The molecule has 3 nitrogen and oxygen atoms in total. The van der Waals surface area contributed by atoms with Crippen molar-refractivity contribution in [3.8, 4) is 11.5 Å². The third kappa shape index (κ3) is 4.04. The molecule has 0 aromatic heterocycles. The molecule has 0 unspecified atom stereocenters. The lowest BCUT2D eigenvalue weighted by atomic mass is 10.3. The molecule has 6 heteroatoms. The van der Waals surface area contributed by atoms with Crippen LogP contribution in [0.1, 0.15) is 0 Å². The van der Waals surface area contributed by atoms with E-state index in [4.69, 9.17) is 39.5 Å². The first-order valence-corrected chi connectivity index (χ1v) is 6.96. The summed E-state index contributed by atoms with van der Waals surface area (Å²) in [6.07, 6.45) is 0. The van der Waals surface area contributed by atoms with E-state index in [-0.39, 0.29) is 11.8 Å². The van der Waals surface area contributed by atoms with Crippen molar-refractivity contribution in [1.29, 1.82) is 0 Å². The maximum Gasteiger partial charge on any atom is 0.239 e. The molecule has 0 saturated heterocycles. The average Bonchev–Trinajstić information content (AvgIpc) is 2.42. The Morgan fingerprint density at radius 1 is 1.15 bits per heavy atom. The summed E-state index contributed by atoms with van der Waals surface area (Å²) in [7, 11) is 0. The number of carbonyl (C=O) groups is 1. The summed E-state index contributed by atoms with van der Waals surface area (Å²) in [6.45, 7) is 0. The van der Waals surface area contributed by atoms with Crippen LogP contribution in [0.15, 0.2) is 42.5 Å². The molecule has 20 heavy (non-hydrogen) atoms. The summed E-state index contributed by atoms with van der Waals surface area (Å²) in [5.41, 5.74) is 0.555. The van der Waals surface area contributed by atoms with Crippen LogP contribution < -0.4 is 10.1 Å². The third-order valence-corrected chi connectivity index (χ3v) is 3.13. The van der Waals surface area contributed by atoms with E-state index in [1.807, 2.05) is 0 Å². The highest BCUT2D eigenvalue weighted by Gasteiger charge is 2.07. The molecular weight excluding hydrogens is 321 g/mol. The predicted octanol–water partition coefficient (Wildman–Crippen LogP) is 4.96. The Morgan fingerprint density at radius 2 is 1.95 bits per heavy atom. The van der Waals surface area contributed by atoms with Gasteiger partial charge >= 0.3 is 0 Å². The van der Waals surface area contributed by atoms with Crippen LogP contribution in [-0.4, -0.2) is 11.8 Å². The Hall–Kier alpha value is -1.42. The number of halogens is 3. The Bertz CT molecular complexity index is 632. The molecule has 0 heterocycles. The molecule has 2 aromatic rings. The van der Waals surface area contributed by atoms with Gasteiger partial charge in [-0.25, -0.2) is 0 Å². The number of benzene rings is 2. The summed E-state index contributed by atoms with van der Waals surface area (Å²) >= 11 is 17.4. The number of hydrogen-bond acceptors (Lipinski definition) is 2. The minimum absolute atomic E-state index is 0.113. The normalized spacial score (nSPS) is 10.2. The van der Waals surface area contributed by atoms with Crippen LogP contribution >= 0.6 is 34.8 Å². The van der Waals surface area contributed by atoms with Gasteiger partial charge in [-0.2, -0.15) is 0 Å². The second kappa shape index (κ2) is 6.84. The highest BCUT2D eigenvalue weighted by molar-refractivity contribution is 6.32. The number of hydrogen-bond donors (Lipinski definition) is 1. The van der Waals surface area contributed by atoms with Crippen molar-refractivity contribution in [3.05, 3.63) is 52.5 Å². The van der Waals surface area contributed by atoms with E-state index < -0.39 is 0 Å². The van der Waals surface area contributed by atoms with E-state index in [1.165, 1.54) is 0 Å². The zero-order chi connectivity index (χ0) is 14.5. The Kier molecular flexibility index (Phi) is 5.12. The monoisotopic (exact) mass is 329 g/mol. The van der Waals surface area contributed by atoms with Crippen LogP contribution in [0.4, 0.5) is 5.69 Å². The van der Waals surface area contributed by atoms with E-state index >= 15 is 0 Å². The predicted molar refractivity (Wildman–Crippen MR) is 82.3 cm³/mol. The topological polar surface area (TPSA) is 38.3 Å². The second-order valence-electron chi connectivity index (χ2n) is 3.89. The molecule has 1 N–H and O–H groups in total. The Morgan fingerprint density at radius 3 is 2.60 bits per heavy atom. The largest absolute Gasteiger partial charge is 0.456 e. The van der Waals surface area contributed by atoms with E-state index in [0.29, 0.717) is 27.2 Å². The standard InChI is InChI=1S/C14H10Cl3NO2/c15-8-14(19)18-10-4-5-13(12(17)7-10)20-11-3-1-2-9(16)6-11/h1-7H,8H2,(H,18,19). The lowest BCUT2D eigenvalue weighted by molar-refractivity contribution is -0.113. The van der Waals surface area contributed by atoms with Crippen LogP contribution in [0.3, 0.4) is 0 Å². The SMILES string of the molecule is O=C(CCl)Nc1ccc(Oc2cccc(Cl)c2)c(Cl)c1. The third-order valence-electron chi connectivity index (χ3n) is 2.36. The van der Waals surface area contributed by atoms with Gasteiger partial charge < -0.3 is 10.1 Å². The van der Waals surface area contributed by atoms with Crippen LogP contribution in [0.5, 0.6) is 11.5 Å². The minimum Gasteiger partial charge on any atom is -0.456 e. The van der Waals surface area contributed by atoms with Crippen molar-refractivity contribution in [2.45, 2.75) is 0 Å². The Balaban J connectivity index is 2.15. The fourth-order valence-electron chi connectivity index (χ4n) is 1.51. The molecule has 0 aliphatic heterocycles. The first kappa shape index (κ1) is 15.0. The number of amides is 1. The molecule has 0 fully saturated rings. The molecule has 0 aliphatic rings. The summed E-state index contributed by atoms with van der Waals surface area (Å²) in [5, 5.41) is 3.55. The number of carbonyl (C=O) groups excluding carboxylic acids is 1. The lowest BCUT2D eigenvalue weighted by Crippen LogP contribution is -2.12. The van der Waals surface area contributed by atoms with Crippen molar-refractivity contribution < 1.29 is 9.53 Å². The molecule has 1 amide bonds. The van der Waals surface area contributed by atoms with Crippen LogP contribution in [0.25, 0.3) is 0 Å². The van der Waals surface area contributed by atoms with Gasteiger partial charge in [0.25, 0.3) is 0 Å². The van der Waals surface area contributed by atoms with Gasteiger partial charge in [0.1, 0.15) is 17.4 Å². The lowest BCUT2D eigenvalue weighted by Gasteiger charge is -2.10. The van der Waals surface area contributed by atoms with E-state index in [0.717, 1.165) is 0 Å². The molecule has 2 aromatic carbocycles. The van der Waals surface area contributed by atoms with Crippen LogP contribution in [0, 0.1) is 0 Å². The van der Waals surface area contributed by atoms with Crippen molar-refractivity contribution in [3.63, 3.8) is 0 Å². The number of anilines is 1. The number of alkyl halides is 1. The zero-order valence-electron chi connectivity index (χ0n) is 10.2. The number of nitrogens with one attached hydrogen (secondary N) is 1. The van der Waals surface area contributed by atoms with Crippen LogP contribution in [0.2, 0.25) is 10.0 Å². The van der Waals surface area contributed by atoms with Crippen molar-refractivity contribution >= 4 is 46.4 Å². The highest BCUT2D eigenvalue weighted by Crippen LogP contribution is 2.32. The molecule has 0 saturated carbocycles. The number of ether oxygens (including phenoxy) is 1. The van der Waals surface area contributed by atoms with E-state index in [9.17, 15) is 4.79 Å². The Labute approximate surface area is 131 Å². The van der Waals surface area contributed by atoms with Gasteiger partial charge in [0, 0.05) is 10.7 Å². The molecule has 0 aliphatic carbocycles. The van der Waals surface area contributed by atoms with Gasteiger partial charge in [-0.3, -0.25) is 4.79 Å². The quantitative estimate of drug-likeness (QED) is 0.804. The molecule has 2 rings (SSSR count). The molecular formula is C14H10Cl3NO2. The highest BCUT2D eigenvalue weighted by atomic mass is 35.5. The fourth-order valence-corrected chi connectivity index (χ4v) is 1.98. The average molecular weight is 331 g/mol. The van der Waals surface area contributed by atoms with Gasteiger partial charge in [-0.1, -0.05) is 29.3 Å². The van der Waals surface area contributed by atoms with Crippen LogP contribution in [-0.2, 0) is 4.79 Å². The minimum atomic E-state index is -0.300. The van der Waals surface area contributed by atoms with E-state index in [2.05, 4.69) is 5.32 Å². The smallest absolute Gasteiger partial charge is 0.239 e. The maximum absolute atomic E-state index is 11.2. The molecule has 0 radical (unpaired) electrons. The van der Waals surface area contributed by atoms with E-state index in [1.54, 1.807) is 42.5 Å².